The average Bonchev–Trinajstić information content (AvgIpc) is 2.64. The van der Waals surface area contributed by atoms with Gasteiger partial charge in [-0.2, -0.15) is 4.31 Å². The molecule has 144 valence electrons. The summed E-state index contributed by atoms with van der Waals surface area (Å²) in [5.74, 6) is -0.472. The third-order valence-corrected chi connectivity index (χ3v) is 6.78. The second-order valence-corrected chi connectivity index (χ2v) is 8.99. The third-order valence-electron chi connectivity index (χ3n) is 4.87. The van der Waals surface area contributed by atoms with Crippen molar-refractivity contribution in [1.29, 1.82) is 0 Å². The maximum atomic E-state index is 13.9. The molecule has 5 nitrogen and oxygen atoms in total. The van der Waals surface area contributed by atoms with Gasteiger partial charge in [-0.15, -0.1) is 0 Å². The van der Waals surface area contributed by atoms with Crippen LogP contribution < -0.4 is 5.32 Å². The van der Waals surface area contributed by atoms with Crippen molar-refractivity contribution >= 4 is 21.6 Å². The van der Waals surface area contributed by atoms with Crippen molar-refractivity contribution in [3.05, 3.63) is 59.4 Å². The van der Waals surface area contributed by atoms with E-state index in [1.165, 1.54) is 40.7 Å². The molecule has 0 saturated carbocycles. The van der Waals surface area contributed by atoms with Crippen LogP contribution in [0.4, 0.5) is 10.1 Å². The summed E-state index contributed by atoms with van der Waals surface area (Å²) in [5.41, 5.74) is 1.11. The number of nitrogens with one attached hydrogen (secondary N) is 1. The van der Waals surface area contributed by atoms with E-state index in [0.717, 1.165) is 18.4 Å². The summed E-state index contributed by atoms with van der Waals surface area (Å²) >= 11 is 0. The fourth-order valence-corrected chi connectivity index (χ4v) is 4.54. The Kier molecular flexibility index (Phi) is 5.62. The predicted molar refractivity (Wildman–Crippen MR) is 103 cm³/mol. The zero-order chi connectivity index (χ0) is 19.6. The van der Waals surface area contributed by atoms with Gasteiger partial charge in [0.25, 0.3) is 5.91 Å². The van der Waals surface area contributed by atoms with Gasteiger partial charge in [-0.25, -0.2) is 12.8 Å². The van der Waals surface area contributed by atoms with Crippen molar-refractivity contribution in [3.8, 4) is 0 Å². The van der Waals surface area contributed by atoms with Gasteiger partial charge < -0.3 is 5.32 Å². The number of halogens is 1. The van der Waals surface area contributed by atoms with Crippen molar-refractivity contribution in [3.63, 3.8) is 0 Å². The monoisotopic (exact) mass is 390 g/mol. The van der Waals surface area contributed by atoms with E-state index < -0.39 is 21.7 Å². The average molecular weight is 390 g/mol. The van der Waals surface area contributed by atoms with Crippen LogP contribution >= 0.6 is 0 Å². The maximum Gasteiger partial charge on any atom is 0.255 e. The van der Waals surface area contributed by atoms with Gasteiger partial charge in [0.05, 0.1) is 10.6 Å². The van der Waals surface area contributed by atoms with Gasteiger partial charge in [0.15, 0.2) is 0 Å². The number of piperidine rings is 1. The molecule has 1 N–H and O–H groups in total. The lowest BCUT2D eigenvalue weighted by Crippen LogP contribution is -2.37. The Balaban J connectivity index is 1.73. The van der Waals surface area contributed by atoms with Crippen LogP contribution in [0.1, 0.15) is 35.7 Å². The molecule has 1 fully saturated rings. The van der Waals surface area contributed by atoms with Crippen LogP contribution in [-0.4, -0.2) is 31.7 Å². The lowest BCUT2D eigenvalue weighted by Gasteiger charge is -2.29. The van der Waals surface area contributed by atoms with Crippen molar-refractivity contribution in [2.24, 2.45) is 5.92 Å². The second-order valence-electron chi connectivity index (χ2n) is 7.05. The number of sulfonamides is 1. The summed E-state index contributed by atoms with van der Waals surface area (Å²) in [6.07, 6.45) is 1.70. The molecule has 27 heavy (non-hydrogen) atoms. The van der Waals surface area contributed by atoms with Crippen LogP contribution in [-0.2, 0) is 10.0 Å². The molecule has 2 aromatic carbocycles. The van der Waals surface area contributed by atoms with E-state index in [-0.39, 0.29) is 16.1 Å². The fourth-order valence-electron chi connectivity index (χ4n) is 3.07. The van der Waals surface area contributed by atoms with E-state index in [9.17, 15) is 17.6 Å². The molecule has 2 aromatic rings. The zero-order valence-electron chi connectivity index (χ0n) is 15.4. The van der Waals surface area contributed by atoms with E-state index in [0.29, 0.717) is 19.0 Å². The van der Waals surface area contributed by atoms with Crippen molar-refractivity contribution < 1.29 is 17.6 Å². The molecule has 1 saturated heterocycles. The largest absolute Gasteiger partial charge is 0.319 e. The van der Waals surface area contributed by atoms with Crippen LogP contribution in [0.5, 0.6) is 0 Å². The van der Waals surface area contributed by atoms with Crippen LogP contribution in [0, 0.1) is 18.7 Å². The van der Waals surface area contributed by atoms with E-state index in [2.05, 4.69) is 12.2 Å². The molecule has 1 aliphatic heterocycles. The highest BCUT2D eigenvalue weighted by Gasteiger charge is 2.28. The number of nitrogens with zero attached hydrogens (tertiary/aromatic N) is 1. The Morgan fingerprint density at radius 2 is 1.74 bits per heavy atom. The fraction of sp³-hybridized carbons (Fsp3) is 0.350. The SMILES string of the molecule is Cc1ccc(NC(=O)c2ccc(S(=O)(=O)N3CCC(C)CC3)cc2)c(F)c1. The predicted octanol–water partition coefficient (Wildman–Crippen LogP) is 3.81. The number of carbonyl (C=O) groups excluding carboxylic acids is 1. The Hall–Kier alpha value is -2.25. The number of carbonyl (C=O) groups is 1. The number of amides is 1. The minimum atomic E-state index is -3.56. The molecule has 0 bridgehead atoms. The number of hydrogen-bond acceptors (Lipinski definition) is 3. The quantitative estimate of drug-likeness (QED) is 0.863. The highest BCUT2D eigenvalue weighted by atomic mass is 32.2. The highest BCUT2D eigenvalue weighted by Crippen LogP contribution is 2.24. The Labute approximate surface area is 159 Å². The third kappa shape index (κ3) is 4.36. The highest BCUT2D eigenvalue weighted by molar-refractivity contribution is 7.89. The van der Waals surface area contributed by atoms with E-state index in [4.69, 9.17) is 0 Å². The van der Waals surface area contributed by atoms with Crippen LogP contribution in [0.25, 0.3) is 0 Å². The van der Waals surface area contributed by atoms with Gasteiger partial charge in [0, 0.05) is 18.7 Å². The summed E-state index contributed by atoms with van der Waals surface area (Å²) in [7, 11) is -3.56. The molecule has 7 heteroatoms. The number of aryl methyl sites for hydroxylation is 1. The molecule has 1 aliphatic rings. The first kappa shape index (κ1) is 19.5. The maximum absolute atomic E-state index is 13.9. The molecule has 3 rings (SSSR count). The molecular formula is C20H23FN2O3S. The minimum absolute atomic E-state index is 0.0877. The number of hydrogen-bond donors (Lipinski definition) is 1. The van der Waals surface area contributed by atoms with Crippen molar-refractivity contribution in [2.45, 2.75) is 31.6 Å². The normalized spacial score (nSPS) is 16.3. The minimum Gasteiger partial charge on any atom is -0.319 e. The summed E-state index contributed by atoms with van der Waals surface area (Å²) in [6.45, 7) is 4.90. The van der Waals surface area contributed by atoms with Crippen LogP contribution in [0.2, 0.25) is 0 Å². The molecule has 1 amide bonds. The zero-order valence-corrected chi connectivity index (χ0v) is 16.2. The van der Waals surface area contributed by atoms with Gasteiger partial charge in [0.1, 0.15) is 5.82 Å². The van der Waals surface area contributed by atoms with Gasteiger partial charge >= 0.3 is 0 Å². The Morgan fingerprint density at radius 3 is 2.33 bits per heavy atom. The van der Waals surface area contributed by atoms with E-state index in [1.807, 2.05) is 0 Å². The Morgan fingerprint density at radius 1 is 1.11 bits per heavy atom. The summed E-state index contributed by atoms with van der Waals surface area (Å²) < 4.78 is 40.8. The van der Waals surface area contributed by atoms with E-state index in [1.54, 1.807) is 13.0 Å². The number of rotatable bonds is 4. The topological polar surface area (TPSA) is 66.5 Å². The van der Waals surface area contributed by atoms with Crippen LogP contribution in [0.15, 0.2) is 47.4 Å². The molecule has 0 aromatic heterocycles. The van der Waals surface area contributed by atoms with Gasteiger partial charge in [-0.3, -0.25) is 4.79 Å². The van der Waals surface area contributed by atoms with Gasteiger partial charge in [-0.1, -0.05) is 13.0 Å². The summed E-state index contributed by atoms with van der Waals surface area (Å²) in [5, 5.41) is 2.51. The molecule has 0 aliphatic carbocycles. The standard InChI is InChI=1S/C20H23FN2O3S/c1-14-9-11-23(12-10-14)27(25,26)17-6-4-16(5-7-17)20(24)22-19-8-3-15(2)13-18(19)21/h3-8,13-14H,9-12H2,1-2H3,(H,22,24). The first-order chi connectivity index (χ1) is 12.8. The summed E-state index contributed by atoms with van der Waals surface area (Å²) in [6, 6.07) is 10.3. The smallest absolute Gasteiger partial charge is 0.255 e. The molecular weight excluding hydrogens is 367 g/mol. The van der Waals surface area contributed by atoms with Crippen molar-refractivity contribution in [1.82, 2.24) is 4.31 Å². The first-order valence-corrected chi connectivity index (χ1v) is 10.4. The lowest BCUT2D eigenvalue weighted by atomic mass is 10.0. The van der Waals surface area contributed by atoms with Crippen molar-refractivity contribution in [2.75, 3.05) is 18.4 Å². The van der Waals surface area contributed by atoms with E-state index >= 15 is 0 Å². The van der Waals surface area contributed by atoms with Gasteiger partial charge in [-0.05, 0) is 67.6 Å². The molecule has 0 unspecified atom stereocenters. The number of benzene rings is 2. The second kappa shape index (κ2) is 7.78. The Bertz CT molecular complexity index is 934. The lowest BCUT2D eigenvalue weighted by molar-refractivity contribution is 0.102. The summed E-state index contributed by atoms with van der Waals surface area (Å²) in [4.78, 5) is 12.5. The van der Waals surface area contributed by atoms with Gasteiger partial charge in [0.2, 0.25) is 10.0 Å². The molecule has 0 radical (unpaired) electrons. The van der Waals surface area contributed by atoms with Crippen LogP contribution in [0.3, 0.4) is 0 Å². The molecule has 0 atom stereocenters. The molecule has 1 heterocycles. The molecule has 0 spiro atoms. The first-order valence-electron chi connectivity index (χ1n) is 8.95. The number of anilines is 1.